The Balaban J connectivity index is 1.21. The fourth-order valence-electron chi connectivity index (χ4n) is 5.93. The molecule has 0 radical (unpaired) electrons. The van der Waals surface area contributed by atoms with Crippen molar-refractivity contribution >= 4 is 33.9 Å². The van der Waals surface area contributed by atoms with Gasteiger partial charge in [0.25, 0.3) is 0 Å². The molecule has 9 heteroatoms. The van der Waals surface area contributed by atoms with Crippen molar-refractivity contribution in [3.05, 3.63) is 60.6 Å². The number of nitrogens with zero attached hydrogens (tertiary/aromatic N) is 7. The Hall–Kier alpha value is -3.82. The van der Waals surface area contributed by atoms with Crippen LogP contribution in [-0.4, -0.2) is 82.4 Å². The van der Waals surface area contributed by atoms with Crippen LogP contribution in [0.15, 0.2) is 55.0 Å². The highest BCUT2D eigenvalue weighted by molar-refractivity contribution is 5.94. The second-order valence-corrected chi connectivity index (χ2v) is 11.4. The number of anilines is 4. The molecule has 2 aliphatic heterocycles. The number of piperazine rings is 1. The third-order valence-electron chi connectivity index (χ3n) is 8.34. The number of aliphatic hydroxyl groups is 1. The molecule has 0 unspecified atom stereocenters. The molecule has 1 saturated carbocycles. The minimum absolute atomic E-state index is 0.341. The second kappa shape index (κ2) is 10.6. The van der Waals surface area contributed by atoms with Gasteiger partial charge in [0.1, 0.15) is 11.6 Å². The van der Waals surface area contributed by atoms with Crippen molar-refractivity contribution in [1.82, 2.24) is 24.8 Å². The van der Waals surface area contributed by atoms with Gasteiger partial charge in [-0.05, 0) is 74.5 Å². The van der Waals surface area contributed by atoms with Gasteiger partial charge < -0.3 is 25.1 Å². The zero-order valence-corrected chi connectivity index (χ0v) is 23.0. The van der Waals surface area contributed by atoms with E-state index in [0.717, 1.165) is 79.4 Å². The van der Waals surface area contributed by atoms with E-state index in [-0.39, 0.29) is 6.10 Å². The van der Waals surface area contributed by atoms with Crippen molar-refractivity contribution in [2.75, 3.05) is 61.4 Å². The molecule has 3 aliphatic rings. The maximum absolute atomic E-state index is 10.5. The van der Waals surface area contributed by atoms with Gasteiger partial charge in [0.15, 0.2) is 5.82 Å². The molecule has 1 atom stereocenters. The van der Waals surface area contributed by atoms with Gasteiger partial charge >= 0.3 is 0 Å². The van der Waals surface area contributed by atoms with E-state index < -0.39 is 0 Å². The highest BCUT2D eigenvalue weighted by Crippen LogP contribution is 2.45. The van der Waals surface area contributed by atoms with Crippen LogP contribution >= 0.6 is 0 Å². The first-order valence-corrected chi connectivity index (χ1v) is 14.5. The molecule has 7 rings (SSSR count). The van der Waals surface area contributed by atoms with Crippen molar-refractivity contribution in [3.8, 4) is 11.4 Å². The minimum Gasteiger partial charge on any atom is -0.391 e. The van der Waals surface area contributed by atoms with Crippen LogP contribution < -0.4 is 15.1 Å². The van der Waals surface area contributed by atoms with Gasteiger partial charge in [-0.25, -0.2) is 15.0 Å². The standard InChI is InChI=1S/C31H36N8O/c1-37-12-14-38(15-13-37)24-5-2-4-23(17-24)34-28-16-22(9-10-33-28)30-35-27-19-32-18-26(21-7-8-21)29(27)31(36-30)39-11-3-6-25(40)20-39/h2,4-5,9-10,16-19,21,25,40H,3,6-8,11-15,20H2,1H3,(H,33,34)/t25-/m1/s1. The monoisotopic (exact) mass is 536 g/mol. The maximum Gasteiger partial charge on any atom is 0.162 e. The number of β-amino-alcohol motifs (C(OH)–C–C–N with tert-alkyl or cyclic N) is 1. The van der Waals surface area contributed by atoms with Gasteiger partial charge in [0, 0.05) is 74.0 Å². The molecule has 5 heterocycles. The fourth-order valence-corrected chi connectivity index (χ4v) is 5.93. The lowest BCUT2D eigenvalue weighted by Gasteiger charge is -2.34. The number of aliphatic hydroxyl groups excluding tert-OH is 1. The number of rotatable bonds is 6. The van der Waals surface area contributed by atoms with Gasteiger partial charge in [-0.2, -0.15) is 0 Å². The normalized spacial score (nSPS) is 20.2. The van der Waals surface area contributed by atoms with Gasteiger partial charge in [-0.15, -0.1) is 0 Å². The number of pyridine rings is 2. The molecule has 1 aromatic carbocycles. The summed E-state index contributed by atoms with van der Waals surface area (Å²) < 4.78 is 0. The fraction of sp³-hybridized carbons (Fsp3) is 0.419. The van der Waals surface area contributed by atoms with E-state index in [2.05, 4.69) is 61.3 Å². The van der Waals surface area contributed by atoms with Crippen molar-refractivity contribution in [2.24, 2.45) is 0 Å². The first-order chi connectivity index (χ1) is 19.6. The van der Waals surface area contributed by atoms with E-state index in [1.807, 2.05) is 24.5 Å². The van der Waals surface area contributed by atoms with Gasteiger partial charge in [0.2, 0.25) is 0 Å². The van der Waals surface area contributed by atoms with E-state index >= 15 is 0 Å². The minimum atomic E-state index is -0.341. The summed E-state index contributed by atoms with van der Waals surface area (Å²) in [6, 6.07) is 12.5. The summed E-state index contributed by atoms with van der Waals surface area (Å²) in [7, 11) is 2.18. The first kappa shape index (κ1) is 25.2. The van der Waals surface area contributed by atoms with Crippen LogP contribution in [0.25, 0.3) is 22.3 Å². The number of hydrogen-bond donors (Lipinski definition) is 2. The summed E-state index contributed by atoms with van der Waals surface area (Å²) in [5.74, 6) is 2.83. The van der Waals surface area contributed by atoms with Gasteiger partial charge in [-0.3, -0.25) is 4.98 Å². The Morgan fingerprint density at radius 2 is 1.80 bits per heavy atom. The maximum atomic E-state index is 10.5. The van der Waals surface area contributed by atoms with Crippen molar-refractivity contribution in [1.29, 1.82) is 0 Å². The summed E-state index contributed by atoms with van der Waals surface area (Å²) >= 11 is 0. The van der Waals surface area contributed by atoms with Crippen molar-refractivity contribution < 1.29 is 5.11 Å². The third kappa shape index (κ3) is 5.19. The molecule has 40 heavy (non-hydrogen) atoms. The summed E-state index contributed by atoms with van der Waals surface area (Å²) in [6.07, 6.45) is 9.43. The topological polar surface area (TPSA) is 93.5 Å². The van der Waals surface area contributed by atoms with Crippen LogP contribution in [-0.2, 0) is 0 Å². The Morgan fingerprint density at radius 3 is 2.62 bits per heavy atom. The smallest absolute Gasteiger partial charge is 0.162 e. The first-order valence-electron chi connectivity index (χ1n) is 14.5. The molecule has 4 aromatic rings. The number of piperidine rings is 1. The summed E-state index contributed by atoms with van der Waals surface area (Å²) in [5, 5.41) is 15.0. The summed E-state index contributed by atoms with van der Waals surface area (Å²) in [5.41, 5.74) is 5.21. The SMILES string of the molecule is CN1CCN(c2cccc(Nc3cc(-c4nc(N5CCC[C@@H](O)C5)c5c(C6CC6)cncc5n4)ccn3)c2)CC1. The Bertz CT molecular complexity index is 1510. The number of fused-ring (bicyclic) bond motifs is 1. The molecular weight excluding hydrogens is 500 g/mol. The van der Waals surface area contributed by atoms with Crippen molar-refractivity contribution in [3.63, 3.8) is 0 Å². The number of nitrogens with one attached hydrogen (secondary N) is 1. The Kier molecular flexibility index (Phi) is 6.69. The number of hydrogen-bond acceptors (Lipinski definition) is 9. The predicted octanol–water partition coefficient (Wildman–Crippen LogP) is 4.42. The molecule has 9 nitrogen and oxygen atoms in total. The lowest BCUT2D eigenvalue weighted by atomic mass is 10.0. The summed E-state index contributed by atoms with van der Waals surface area (Å²) in [4.78, 5) is 26.3. The highest BCUT2D eigenvalue weighted by atomic mass is 16.3. The Labute approximate surface area is 234 Å². The average Bonchev–Trinajstić information content (AvgIpc) is 3.83. The molecule has 2 saturated heterocycles. The van der Waals surface area contributed by atoms with Crippen LogP contribution in [0.5, 0.6) is 0 Å². The average molecular weight is 537 g/mol. The molecule has 3 aromatic heterocycles. The van der Waals surface area contributed by atoms with Crippen LogP contribution in [0.3, 0.4) is 0 Å². The number of aromatic nitrogens is 4. The van der Waals surface area contributed by atoms with Gasteiger partial charge in [0.05, 0.1) is 17.8 Å². The Morgan fingerprint density at radius 1 is 0.925 bits per heavy atom. The summed E-state index contributed by atoms with van der Waals surface area (Å²) in [6.45, 7) is 5.67. The van der Waals surface area contributed by atoms with E-state index in [1.54, 1.807) is 6.20 Å². The quantitative estimate of drug-likeness (QED) is 0.371. The third-order valence-corrected chi connectivity index (χ3v) is 8.34. The van der Waals surface area contributed by atoms with E-state index in [9.17, 15) is 5.11 Å². The van der Waals surface area contributed by atoms with Gasteiger partial charge in [-0.1, -0.05) is 6.07 Å². The van der Waals surface area contributed by atoms with Crippen LogP contribution in [0.4, 0.5) is 23.0 Å². The van der Waals surface area contributed by atoms with E-state index in [4.69, 9.17) is 9.97 Å². The number of likely N-dealkylation sites (N-methyl/N-ethyl adjacent to an activating group) is 1. The zero-order valence-electron chi connectivity index (χ0n) is 23.0. The predicted molar refractivity (Wildman–Crippen MR) is 159 cm³/mol. The number of benzene rings is 1. The van der Waals surface area contributed by atoms with E-state index in [1.165, 1.54) is 24.1 Å². The van der Waals surface area contributed by atoms with Crippen LogP contribution in [0.1, 0.15) is 37.2 Å². The highest BCUT2D eigenvalue weighted by Gasteiger charge is 2.30. The molecule has 0 amide bonds. The molecule has 0 bridgehead atoms. The second-order valence-electron chi connectivity index (χ2n) is 11.4. The lowest BCUT2D eigenvalue weighted by Crippen LogP contribution is -2.44. The molecule has 0 spiro atoms. The van der Waals surface area contributed by atoms with Crippen LogP contribution in [0, 0.1) is 0 Å². The van der Waals surface area contributed by atoms with Crippen LogP contribution in [0.2, 0.25) is 0 Å². The largest absolute Gasteiger partial charge is 0.391 e. The molecule has 206 valence electrons. The lowest BCUT2D eigenvalue weighted by molar-refractivity contribution is 0.154. The molecular formula is C31H36N8O. The molecule has 1 aliphatic carbocycles. The molecule has 3 fully saturated rings. The zero-order chi connectivity index (χ0) is 27.1. The molecule has 2 N–H and O–H groups in total. The van der Waals surface area contributed by atoms with E-state index in [0.29, 0.717) is 18.3 Å². The van der Waals surface area contributed by atoms with Crippen molar-refractivity contribution in [2.45, 2.75) is 37.7 Å².